The Bertz CT molecular complexity index is 1150. The van der Waals surface area contributed by atoms with Crippen LogP contribution in [0.1, 0.15) is 51.4 Å². The largest absolute Gasteiger partial charge is 0.478 e. The quantitative estimate of drug-likeness (QED) is 0.501. The molecule has 0 radical (unpaired) electrons. The van der Waals surface area contributed by atoms with Crippen LogP contribution in [0.15, 0.2) is 30.5 Å². The number of ether oxygens (including phenoxy) is 2. The third-order valence-corrected chi connectivity index (χ3v) is 6.45. The van der Waals surface area contributed by atoms with Crippen molar-refractivity contribution in [3.8, 4) is 17.0 Å². The van der Waals surface area contributed by atoms with Gasteiger partial charge in [-0.1, -0.05) is 6.92 Å². The molecule has 0 bridgehead atoms. The first-order valence-electron chi connectivity index (χ1n) is 13.5. The Hall–Kier alpha value is -3.40. The molecule has 0 unspecified atom stereocenters. The highest BCUT2D eigenvalue weighted by molar-refractivity contribution is 6.02. The van der Waals surface area contributed by atoms with Gasteiger partial charge in [0.05, 0.1) is 17.9 Å². The van der Waals surface area contributed by atoms with E-state index >= 15 is 4.39 Å². The molecule has 1 aliphatic rings. The van der Waals surface area contributed by atoms with Gasteiger partial charge in [-0.25, -0.2) is 14.2 Å². The molecule has 2 aromatic rings. The summed E-state index contributed by atoms with van der Waals surface area (Å²) in [6, 6.07) is 6.78. The van der Waals surface area contributed by atoms with Crippen LogP contribution < -0.4 is 15.0 Å². The number of carbonyl (C=O) groups is 2. The summed E-state index contributed by atoms with van der Waals surface area (Å²) in [7, 11) is 3.82. The third-order valence-electron chi connectivity index (χ3n) is 6.45. The highest BCUT2D eigenvalue weighted by Gasteiger charge is 2.34. The lowest BCUT2D eigenvalue weighted by atomic mass is 9.98. The number of halogens is 1. The molecule has 0 aliphatic carbocycles. The maximum Gasteiger partial charge on any atom is 0.410 e. The fourth-order valence-corrected chi connectivity index (χ4v) is 4.57. The van der Waals surface area contributed by atoms with E-state index in [-0.39, 0.29) is 23.3 Å². The van der Waals surface area contributed by atoms with Crippen molar-refractivity contribution in [1.82, 2.24) is 20.1 Å². The molecule has 1 atom stereocenters. The Labute approximate surface area is 231 Å². The molecule has 1 aromatic carbocycles. The molecule has 1 aromatic heterocycles. The van der Waals surface area contributed by atoms with Crippen LogP contribution in [0.25, 0.3) is 11.1 Å². The van der Waals surface area contributed by atoms with Gasteiger partial charge in [-0.15, -0.1) is 0 Å². The molecule has 0 saturated carbocycles. The van der Waals surface area contributed by atoms with Gasteiger partial charge >= 0.3 is 6.09 Å². The van der Waals surface area contributed by atoms with Crippen molar-refractivity contribution in [2.75, 3.05) is 58.3 Å². The number of carbonyl (C=O) groups excluding carboxylic acids is 2. The lowest BCUT2D eigenvalue weighted by Crippen LogP contribution is -2.56. The number of amides is 2. The molecule has 1 aliphatic heterocycles. The fourth-order valence-electron chi connectivity index (χ4n) is 4.57. The van der Waals surface area contributed by atoms with E-state index in [4.69, 9.17) is 9.47 Å². The normalized spacial score (nSPS) is 15.9. The van der Waals surface area contributed by atoms with Crippen LogP contribution in [-0.4, -0.2) is 91.9 Å². The van der Waals surface area contributed by atoms with Gasteiger partial charge in [0.1, 0.15) is 11.4 Å². The SMILES string of the molecule is CCOc1ncccc1-c1ccc(N2CCN(C(=O)OC(C)(C)C)C[C@H]2CC)c(C(=O)NCCN(C)C)c1F. The average Bonchev–Trinajstić information content (AvgIpc) is 2.87. The Morgan fingerprint density at radius 2 is 1.90 bits per heavy atom. The number of nitrogens with zero attached hydrogens (tertiary/aromatic N) is 4. The molecule has 1 saturated heterocycles. The maximum atomic E-state index is 16.4. The van der Waals surface area contributed by atoms with Crippen molar-refractivity contribution >= 4 is 17.7 Å². The monoisotopic (exact) mass is 543 g/mol. The lowest BCUT2D eigenvalue weighted by molar-refractivity contribution is 0.0213. The molecule has 3 rings (SSSR count). The Kier molecular flexibility index (Phi) is 10.1. The van der Waals surface area contributed by atoms with Gasteiger partial charge in [0.2, 0.25) is 5.88 Å². The van der Waals surface area contributed by atoms with E-state index in [1.165, 1.54) is 0 Å². The highest BCUT2D eigenvalue weighted by atomic mass is 19.1. The van der Waals surface area contributed by atoms with E-state index in [1.54, 1.807) is 35.4 Å². The summed E-state index contributed by atoms with van der Waals surface area (Å²) in [5.74, 6) is -0.811. The summed E-state index contributed by atoms with van der Waals surface area (Å²) in [5.41, 5.74) is 0.596. The second-order valence-electron chi connectivity index (χ2n) is 10.9. The zero-order valence-corrected chi connectivity index (χ0v) is 24.2. The molecule has 1 N–H and O–H groups in total. The standard InChI is InChI=1S/C29H42FN5O4/c1-8-20-19-34(28(37)39-29(3,4)5)17-18-35(20)23-13-12-21(22-11-10-14-32-27(22)38-9-2)25(30)24(23)26(36)31-15-16-33(6)7/h10-14,20H,8-9,15-19H2,1-7H3,(H,31,36)/t20-/m1/s1. The average molecular weight is 544 g/mol. The molecule has 214 valence electrons. The van der Waals surface area contributed by atoms with Crippen molar-refractivity contribution in [1.29, 1.82) is 0 Å². The molecule has 10 heteroatoms. The van der Waals surface area contributed by atoms with E-state index in [0.29, 0.717) is 62.9 Å². The summed E-state index contributed by atoms with van der Waals surface area (Å²) in [5, 5.41) is 2.88. The van der Waals surface area contributed by atoms with Gasteiger partial charge in [-0.2, -0.15) is 0 Å². The van der Waals surface area contributed by atoms with Crippen molar-refractivity contribution in [3.05, 3.63) is 41.8 Å². The number of hydrogen-bond acceptors (Lipinski definition) is 7. The predicted octanol–water partition coefficient (Wildman–Crippen LogP) is 4.41. The minimum absolute atomic E-state index is 0.0262. The summed E-state index contributed by atoms with van der Waals surface area (Å²) in [6.45, 7) is 12.0. The molecule has 0 spiro atoms. The highest BCUT2D eigenvalue weighted by Crippen LogP contribution is 2.37. The van der Waals surface area contributed by atoms with Crippen LogP contribution in [0.4, 0.5) is 14.9 Å². The lowest BCUT2D eigenvalue weighted by Gasteiger charge is -2.43. The van der Waals surface area contributed by atoms with Crippen LogP contribution in [-0.2, 0) is 4.74 Å². The van der Waals surface area contributed by atoms with Crippen LogP contribution in [0.2, 0.25) is 0 Å². The second-order valence-corrected chi connectivity index (χ2v) is 10.9. The van der Waals surface area contributed by atoms with Crippen molar-refractivity contribution < 1.29 is 23.5 Å². The Morgan fingerprint density at radius 1 is 1.15 bits per heavy atom. The maximum absolute atomic E-state index is 16.4. The zero-order valence-electron chi connectivity index (χ0n) is 24.2. The topological polar surface area (TPSA) is 87.2 Å². The minimum Gasteiger partial charge on any atom is -0.478 e. The van der Waals surface area contributed by atoms with Gasteiger partial charge in [-0.05, 0) is 72.5 Å². The Morgan fingerprint density at radius 3 is 2.54 bits per heavy atom. The molecule has 9 nitrogen and oxygen atoms in total. The van der Waals surface area contributed by atoms with E-state index in [2.05, 4.69) is 10.3 Å². The first kappa shape index (κ1) is 30.1. The van der Waals surface area contributed by atoms with Crippen LogP contribution in [0, 0.1) is 5.82 Å². The van der Waals surface area contributed by atoms with Gasteiger partial charge in [0, 0.05) is 56.1 Å². The number of likely N-dealkylation sites (N-methyl/N-ethyl adjacent to an activating group) is 1. The smallest absolute Gasteiger partial charge is 0.410 e. The predicted molar refractivity (Wildman–Crippen MR) is 151 cm³/mol. The van der Waals surface area contributed by atoms with Crippen molar-refractivity contribution in [2.24, 2.45) is 0 Å². The Balaban J connectivity index is 2.02. The van der Waals surface area contributed by atoms with Crippen LogP contribution in [0.3, 0.4) is 0 Å². The summed E-state index contributed by atoms with van der Waals surface area (Å²) >= 11 is 0. The van der Waals surface area contributed by atoms with E-state index < -0.39 is 17.3 Å². The fraction of sp³-hybridized carbons (Fsp3) is 0.552. The molecular formula is C29H42FN5O4. The van der Waals surface area contributed by atoms with Gasteiger partial charge in [-0.3, -0.25) is 4.79 Å². The molecule has 1 fully saturated rings. The van der Waals surface area contributed by atoms with Crippen LogP contribution in [0.5, 0.6) is 5.88 Å². The summed E-state index contributed by atoms with van der Waals surface area (Å²) in [4.78, 5) is 36.2. The first-order chi connectivity index (χ1) is 18.5. The minimum atomic E-state index is -0.631. The number of pyridine rings is 1. The number of rotatable bonds is 9. The molecular weight excluding hydrogens is 501 g/mol. The summed E-state index contributed by atoms with van der Waals surface area (Å²) in [6.07, 6.45) is 1.91. The number of piperazine rings is 1. The molecule has 2 heterocycles. The number of benzene rings is 1. The van der Waals surface area contributed by atoms with E-state index in [9.17, 15) is 9.59 Å². The molecule has 2 amide bonds. The van der Waals surface area contributed by atoms with E-state index in [1.807, 2.05) is 58.5 Å². The number of anilines is 1. The van der Waals surface area contributed by atoms with E-state index in [0.717, 1.165) is 0 Å². The second kappa shape index (κ2) is 13.1. The van der Waals surface area contributed by atoms with Crippen molar-refractivity contribution in [2.45, 2.75) is 52.7 Å². The first-order valence-corrected chi connectivity index (χ1v) is 13.5. The van der Waals surface area contributed by atoms with Gasteiger partial charge < -0.3 is 29.5 Å². The summed E-state index contributed by atoms with van der Waals surface area (Å²) < 4.78 is 27.6. The van der Waals surface area contributed by atoms with Crippen molar-refractivity contribution in [3.63, 3.8) is 0 Å². The third kappa shape index (κ3) is 7.59. The van der Waals surface area contributed by atoms with Gasteiger partial charge in [0.15, 0.2) is 0 Å². The number of nitrogens with one attached hydrogen (secondary N) is 1. The van der Waals surface area contributed by atoms with Gasteiger partial charge in [0.25, 0.3) is 5.91 Å². The number of aromatic nitrogens is 1. The number of hydrogen-bond donors (Lipinski definition) is 1. The zero-order chi connectivity index (χ0) is 28.7. The molecule has 39 heavy (non-hydrogen) atoms. The van der Waals surface area contributed by atoms with Crippen LogP contribution >= 0.6 is 0 Å².